The second-order valence-corrected chi connectivity index (χ2v) is 9.09. The Balaban J connectivity index is 1.81. The van der Waals surface area contributed by atoms with Crippen LogP contribution >= 0.6 is 0 Å². The zero-order valence-corrected chi connectivity index (χ0v) is 16.9. The zero-order valence-electron chi connectivity index (χ0n) is 16.9. The zero-order chi connectivity index (χ0) is 19.6. The van der Waals surface area contributed by atoms with E-state index in [1.807, 2.05) is 13.0 Å². The van der Waals surface area contributed by atoms with Gasteiger partial charge in [0.1, 0.15) is 11.9 Å². The van der Waals surface area contributed by atoms with E-state index >= 15 is 0 Å². The van der Waals surface area contributed by atoms with Crippen LogP contribution in [0, 0.1) is 18.3 Å². The first-order valence-corrected chi connectivity index (χ1v) is 9.93. The smallest absolute Gasteiger partial charge is 0.302 e. The molecule has 27 heavy (non-hydrogen) atoms. The van der Waals surface area contributed by atoms with Crippen LogP contribution in [0.15, 0.2) is 16.3 Å². The number of carbonyl (C=O) groups excluding carboxylic acids is 1. The molecule has 0 radical (unpaired) electrons. The highest BCUT2D eigenvalue weighted by molar-refractivity contribution is 5.66. The van der Waals surface area contributed by atoms with Gasteiger partial charge in [-0.15, -0.1) is 0 Å². The summed E-state index contributed by atoms with van der Waals surface area (Å²) < 4.78 is 17.8. The first-order valence-electron chi connectivity index (χ1n) is 9.93. The topological polar surface area (TPSA) is 72.2 Å². The Kier molecular flexibility index (Phi) is 4.32. The summed E-state index contributed by atoms with van der Waals surface area (Å²) in [5, 5.41) is 10.7. The molecule has 1 N–H and O–H groups in total. The predicted molar refractivity (Wildman–Crippen MR) is 101 cm³/mol. The van der Waals surface area contributed by atoms with Crippen molar-refractivity contribution in [2.24, 2.45) is 11.3 Å². The fraction of sp³-hybridized carbons (Fsp3) is 0.682. The first-order chi connectivity index (χ1) is 12.6. The van der Waals surface area contributed by atoms with Crippen molar-refractivity contribution in [3.05, 3.63) is 28.7 Å². The molecule has 1 aromatic rings. The van der Waals surface area contributed by atoms with Crippen molar-refractivity contribution in [2.45, 2.75) is 84.2 Å². The molecule has 1 unspecified atom stereocenters. The molecule has 0 amide bonds. The Bertz CT molecular complexity index is 793. The molecule has 0 spiro atoms. The summed E-state index contributed by atoms with van der Waals surface area (Å²) >= 11 is 0. The van der Waals surface area contributed by atoms with Gasteiger partial charge < -0.3 is 19.0 Å². The standard InChI is InChI=1S/C22H30O5/c1-12-8-17-15(13(2)11-25-17)9-18-21(4,7-6-16(12)24)19(26-14(3)23)10-20-22(18,5)27-20/h8,11,16,18-20,24H,6-7,9-10H2,1-5H3/t16-,18?,19+,20-,21+,22+/m0/s1. The van der Waals surface area contributed by atoms with Gasteiger partial charge in [0, 0.05) is 30.2 Å². The number of epoxide rings is 1. The van der Waals surface area contributed by atoms with Crippen LogP contribution in [0.25, 0.3) is 6.08 Å². The van der Waals surface area contributed by atoms with Gasteiger partial charge in [-0.2, -0.15) is 0 Å². The number of furan rings is 1. The summed E-state index contributed by atoms with van der Waals surface area (Å²) in [6.45, 7) is 9.87. The Morgan fingerprint density at radius 3 is 2.78 bits per heavy atom. The number of esters is 1. The molecular formula is C22H30O5. The highest BCUT2D eigenvalue weighted by Crippen LogP contribution is 2.61. The summed E-state index contributed by atoms with van der Waals surface area (Å²) in [5.74, 6) is 0.754. The second kappa shape index (κ2) is 6.21. The van der Waals surface area contributed by atoms with Crippen LogP contribution in [0.4, 0.5) is 0 Å². The molecule has 3 aliphatic rings. The van der Waals surface area contributed by atoms with Gasteiger partial charge in [0.2, 0.25) is 0 Å². The maximum Gasteiger partial charge on any atom is 0.302 e. The quantitative estimate of drug-likeness (QED) is 0.598. The summed E-state index contributed by atoms with van der Waals surface area (Å²) in [6, 6.07) is 0. The van der Waals surface area contributed by atoms with E-state index < -0.39 is 6.10 Å². The summed E-state index contributed by atoms with van der Waals surface area (Å²) in [6.07, 6.45) is 6.09. The van der Waals surface area contributed by atoms with Crippen LogP contribution in [0.5, 0.6) is 0 Å². The minimum Gasteiger partial charge on any atom is -0.464 e. The van der Waals surface area contributed by atoms with E-state index in [1.54, 1.807) is 6.26 Å². The molecule has 5 nitrogen and oxygen atoms in total. The molecule has 1 aromatic heterocycles. The van der Waals surface area contributed by atoms with Gasteiger partial charge in [-0.05, 0) is 57.2 Å². The molecule has 0 bridgehead atoms. The molecule has 2 heterocycles. The average Bonchev–Trinajstić information content (AvgIpc) is 3.13. The van der Waals surface area contributed by atoms with Gasteiger partial charge in [0.05, 0.1) is 24.1 Å². The molecule has 4 rings (SSSR count). The van der Waals surface area contributed by atoms with Crippen LogP contribution in [0.1, 0.15) is 63.8 Å². The number of aliphatic hydroxyl groups excluding tert-OH is 1. The van der Waals surface area contributed by atoms with Crippen LogP contribution in [0.3, 0.4) is 0 Å². The third-order valence-electron chi connectivity index (χ3n) is 7.32. The SMILES string of the molecule is CC(=O)O[C@@H]1C[C@@H]2O[C@]2(C)C2Cc3c(C)coc3C=C(C)[C@@H](O)CC[C@]21C. The lowest BCUT2D eigenvalue weighted by atomic mass is 9.57. The lowest BCUT2D eigenvalue weighted by Gasteiger charge is -2.48. The number of aryl methyl sites for hydroxylation is 1. The molecular weight excluding hydrogens is 344 g/mol. The van der Waals surface area contributed by atoms with Crippen molar-refractivity contribution in [1.29, 1.82) is 0 Å². The van der Waals surface area contributed by atoms with Gasteiger partial charge >= 0.3 is 5.97 Å². The number of hydrogen-bond acceptors (Lipinski definition) is 5. The normalized spacial score (nSPS) is 40.9. The molecule has 5 heteroatoms. The molecule has 1 saturated heterocycles. The molecule has 1 aliphatic heterocycles. The Labute approximate surface area is 160 Å². The lowest BCUT2D eigenvalue weighted by molar-refractivity contribution is -0.161. The van der Waals surface area contributed by atoms with Gasteiger partial charge in [-0.1, -0.05) is 6.92 Å². The Morgan fingerprint density at radius 1 is 1.33 bits per heavy atom. The number of fused-ring (bicyclic) bond motifs is 4. The van der Waals surface area contributed by atoms with Crippen LogP contribution in [-0.2, 0) is 20.7 Å². The van der Waals surface area contributed by atoms with E-state index in [4.69, 9.17) is 13.9 Å². The fourth-order valence-corrected chi connectivity index (χ4v) is 5.41. The van der Waals surface area contributed by atoms with Gasteiger partial charge in [0.15, 0.2) is 0 Å². The maximum absolute atomic E-state index is 11.8. The molecule has 0 aromatic carbocycles. The number of hydrogen-bond donors (Lipinski definition) is 1. The van der Waals surface area contributed by atoms with Gasteiger partial charge in [0.25, 0.3) is 0 Å². The predicted octanol–water partition coefficient (Wildman–Crippen LogP) is 3.80. The maximum atomic E-state index is 11.8. The largest absolute Gasteiger partial charge is 0.464 e. The van der Waals surface area contributed by atoms with E-state index in [0.29, 0.717) is 6.42 Å². The third-order valence-corrected chi connectivity index (χ3v) is 7.32. The van der Waals surface area contributed by atoms with Crippen LogP contribution < -0.4 is 0 Å². The van der Waals surface area contributed by atoms with E-state index in [9.17, 15) is 9.90 Å². The Morgan fingerprint density at radius 2 is 2.07 bits per heavy atom. The minimum absolute atomic E-state index is 0.126. The third kappa shape index (κ3) is 2.95. The fourth-order valence-electron chi connectivity index (χ4n) is 5.41. The van der Waals surface area contributed by atoms with E-state index in [1.165, 1.54) is 12.5 Å². The van der Waals surface area contributed by atoms with Crippen molar-refractivity contribution in [3.63, 3.8) is 0 Å². The molecule has 2 fully saturated rings. The van der Waals surface area contributed by atoms with Crippen LogP contribution in [-0.4, -0.2) is 35.0 Å². The molecule has 1 saturated carbocycles. The lowest BCUT2D eigenvalue weighted by Crippen LogP contribution is -2.53. The van der Waals surface area contributed by atoms with Crippen LogP contribution in [0.2, 0.25) is 0 Å². The summed E-state index contributed by atoms with van der Waals surface area (Å²) in [7, 11) is 0. The monoisotopic (exact) mass is 374 g/mol. The summed E-state index contributed by atoms with van der Waals surface area (Å²) in [4.78, 5) is 11.8. The number of aliphatic hydroxyl groups is 1. The van der Waals surface area contributed by atoms with Crippen molar-refractivity contribution in [1.82, 2.24) is 0 Å². The van der Waals surface area contributed by atoms with Gasteiger partial charge in [-0.3, -0.25) is 4.79 Å². The van der Waals surface area contributed by atoms with E-state index in [-0.39, 0.29) is 35.1 Å². The second-order valence-electron chi connectivity index (χ2n) is 9.09. The number of rotatable bonds is 1. The Hall–Kier alpha value is -1.59. The molecule has 2 aliphatic carbocycles. The van der Waals surface area contributed by atoms with Crippen molar-refractivity contribution in [3.8, 4) is 0 Å². The van der Waals surface area contributed by atoms with Crippen molar-refractivity contribution >= 4 is 12.0 Å². The number of ether oxygens (including phenoxy) is 2. The highest BCUT2D eigenvalue weighted by Gasteiger charge is 2.68. The molecule has 6 atom stereocenters. The van der Waals surface area contributed by atoms with Crippen molar-refractivity contribution < 1.29 is 23.8 Å². The van der Waals surface area contributed by atoms with E-state index in [0.717, 1.165) is 36.2 Å². The van der Waals surface area contributed by atoms with E-state index in [2.05, 4.69) is 20.8 Å². The minimum atomic E-state index is -0.539. The average molecular weight is 374 g/mol. The first kappa shape index (κ1) is 18.8. The number of carbonyl (C=O) groups is 1. The molecule has 148 valence electrons. The summed E-state index contributed by atoms with van der Waals surface area (Å²) in [5.41, 5.74) is 2.70. The van der Waals surface area contributed by atoms with Crippen molar-refractivity contribution in [2.75, 3.05) is 0 Å². The highest BCUT2D eigenvalue weighted by atomic mass is 16.6. The van der Waals surface area contributed by atoms with Gasteiger partial charge in [-0.25, -0.2) is 0 Å².